The van der Waals surface area contributed by atoms with Crippen LogP contribution in [0.2, 0.25) is 74.0 Å². The van der Waals surface area contributed by atoms with E-state index in [4.69, 9.17) is 0 Å². The first kappa shape index (κ1) is 56.0. The summed E-state index contributed by atoms with van der Waals surface area (Å²) >= 11 is 0. The summed E-state index contributed by atoms with van der Waals surface area (Å²) in [7, 11) is -4.24. The zero-order valence-electron chi connectivity index (χ0n) is 34.7. The van der Waals surface area contributed by atoms with Crippen LogP contribution in [0.5, 0.6) is 0 Å². The van der Waals surface area contributed by atoms with E-state index in [2.05, 4.69) is 106 Å². The SMILES string of the molecule is C=CC[Si](C)(CC=C)CCCC(CCC[Si](C)(CC=C)CC=C)(CCC[Si](C)(CC=C)CC=C)CNC(C)=O.CC(F)(F)C(F)(F)C(F)(F)CCOC(F)(F)F. The van der Waals surface area contributed by atoms with Crippen LogP contribution in [0.4, 0.5) is 39.5 Å². The summed E-state index contributed by atoms with van der Waals surface area (Å²) in [6.45, 7) is 32.0. The summed E-state index contributed by atoms with van der Waals surface area (Å²) in [5, 5.41) is 3.28. The molecular weight excluding hydrogens is 794 g/mol. The first-order valence-electron chi connectivity index (χ1n) is 19.4. The zero-order chi connectivity index (χ0) is 44.0. The molecule has 0 fully saturated rings. The van der Waals surface area contributed by atoms with Crippen molar-refractivity contribution in [1.29, 1.82) is 0 Å². The lowest BCUT2D eigenvalue weighted by molar-refractivity contribution is -0.340. The number of amides is 1. The molecule has 0 heterocycles. The number of hydrogen-bond donors (Lipinski definition) is 1. The second-order valence-corrected chi connectivity index (χ2v) is 31.4. The molecule has 0 rings (SSSR count). The number of hydrogen-bond acceptors (Lipinski definition) is 2. The summed E-state index contributed by atoms with van der Waals surface area (Å²) in [5.74, 6) is -16.0. The Morgan fingerprint density at radius 1 is 0.589 bits per heavy atom. The maximum absolute atomic E-state index is 12.6. The zero-order valence-corrected chi connectivity index (χ0v) is 37.7. The van der Waals surface area contributed by atoms with Crippen LogP contribution in [-0.2, 0) is 9.53 Å². The highest BCUT2D eigenvalue weighted by molar-refractivity contribution is 6.80. The number of nitrogens with one attached hydrogen (secondary N) is 1. The monoisotopic (exact) mass is 863 g/mol. The Morgan fingerprint density at radius 3 is 1.12 bits per heavy atom. The molecule has 0 bridgehead atoms. The van der Waals surface area contributed by atoms with Gasteiger partial charge in [-0.2, -0.15) is 26.3 Å². The molecule has 0 aromatic rings. The number of carbonyl (C=O) groups is 1. The molecule has 0 aliphatic heterocycles. The molecular formula is C41H70F9NO2Si3. The van der Waals surface area contributed by atoms with Crippen LogP contribution in [0.3, 0.4) is 0 Å². The third-order valence-electron chi connectivity index (χ3n) is 10.7. The van der Waals surface area contributed by atoms with Gasteiger partial charge in [-0.25, -0.2) is 0 Å². The third-order valence-corrected chi connectivity index (χ3v) is 23.0. The van der Waals surface area contributed by atoms with Crippen molar-refractivity contribution in [3.05, 3.63) is 75.9 Å². The number of halogens is 9. The molecule has 0 saturated heterocycles. The van der Waals surface area contributed by atoms with Crippen molar-refractivity contribution in [3.63, 3.8) is 0 Å². The Kier molecular flexibility index (Phi) is 25.4. The van der Waals surface area contributed by atoms with Gasteiger partial charge in [0.2, 0.25) is 5.91 Å². The topological polar surface area (TPSA) is 38.3 Å². The minimum atomic E-state index is -5.76. The highest BCUT2D eigenvalue weighted by Crippen LogP contribution is 2.47. The van der Waals surface area contributed by atoms with E-state index in [0.29, 0.717) is 0 Å². The summed E-state index contributed by atoms with van der Waals surface area (Å²) in [6.07, 6.45) is 12.5. The summed E-state index contributed by atoms with van der Waals surface area (Å²) in [5.41, 5.74) is 0.151. The Labute approximate surface area is 335 Å². The van der Waals surface area contributed by atoms with Crippen LogP contribution in [0, 0.1) is 5.41 Å². The van der Waals surface area contributed by atoms with E-state index in [0.717, 1.165) is 42.8 Å². The van der Waals surface area contributed by atoms with Gasteiger partial charge in [0.05, 0.1) is 30.8 Å². The molecule has 0 atom stereocenters. The Hall–Kier alpha value is -2.11. The lowest BCUT2D eigenvalue weighted by Crippen LogP contribution is -2.53. The molecule has 15 heteroatoms. The molecule has 0 aromatic carbocycles. The third kappa shape index (κ3) is 22.2. The average molecular weight is 864 g/mol. The summed E-state index contributed by atoms with van der Waals surface area (Å²) < 4.78 is 111. The molecule has 1 N–H and O–H groups in total. The molecule has 326 valence electrons. The lowest BCUT2D eigenvalue weighted by Gasteiger charge is -2.38. The van der Waals surface area contributed by atoms with Gasteiger partial charge in [-0.3, -0.25) is 9.53 Å². The first-order chi connectivity index (χ1) is 25.6. The number of rotatable bonds is 31. The molecule has 0 aromatic heterocycles. The van der Waals surface area contributed by atoms with Crippen LogP contribution >= 0.6 is 0 Å². The van der Waals surface area contributed by atoms with E-state index >= 15 is 0 Å². The molecule has 0 radical (unpaired) electrons. The highest BCUT2D eigenvalue weighted by atomic mass is 28.3. The Bertz CT molecular complexity index is 1100. The van der Waals surface area contributed by atoms with Gasteiger partial charge in [0.1, 0.15) is 0 Å². The smallest absolute Gasteiger partial charge is 0.356 e. The summed E-state index contributed by atoms with van der Waals surface area (Å²) in [4.78, 5) is 12.1. The molecule has 0 aliphatic carbocycles. The van der Waals surface area contributed by atoms with Gasteiger partial charge in [-0.15, -0.1) is 52.6 Å². The van der Waals surface area contributed by atoms with Crippen LogP contribution in [0.25, 0.3) is 0 Å². The van der Waals surface area contributed by atoms with Gasteiger partial charge in [-0.05, 0) is 60.9 Å². The van der Waals surface area contributed by atoms with Gasteiger partial charge in [0.25, 0.3) is 0 Å². The van der Waals surface area contributed by atoms with Gasteiger partial charge in [0, 0.05) is 26.8 Å². The highest BCUT2D eigenvalue weighted by Gasteiger charge is 2.68. The van der Waals surface area contributed by atoms with Gasteiger partial charge in [-0.1, -0.05) is 93.5 Å². The predicted molar refractivity (Wildman–Crippen MR) is 225 cm³/mol. The van der Waals surface area contributed by atoms with Crippen molar-refractivity contribution in [1.82, 2.24) is 5.32 Å². The quantitative estimate of drug-likeness (QED) is 0.0428. The largest absolute Gasteiger partial charge is 0.522 e. The standard InChI is InChI=1S/C34H63NOSi3.C7H7F9O/c1-11-23-37(8,24-12-2)29-17-20-34(32-35-33(7)36,21-18-30-38(9,25-13-3)26-14-4)22-19-31-39(10,27-15-5)28-16-6;1-4(8,9)6(12,13)5(10,11)2-3-17-7(14,15)16/h11-16H,1-6,17-32H2,7-10H3,(H,35,36);2-3H2,1H3. The normalized spacial score (nSPS) is 13.2. The van der Waals surface area contributed by atoms with E-state index < -0.39 is 68.3 Å². The lowest BCUT2D eigenvalue weighted by atomic mass is 9.75. The van der Waals surface area contributed by atoms with Crippen LogP contribution in [0.1, 0.15) is 58.8 Å². The fourth-order valence-corrected chi connectivity index (χ4v) is 16.3. The molecule has 0 saturated carbocycles. The van der Waals surface area contributed by atoms with Gasteiger partial charge >= 0.3 is 24.1 Å². The second-order valence-electron chi connectivity index (χ2n) is 16.6. The number of allylic oxidation sites excluding steroid dienone is 6. The maximum atomic E-state index is 12.6. The van der Waals surface area contributed by atoms with Gasteiger partial charge < -0.3 is 5.32 Å². The Morgan fingerprint density at radius 2 is 0.893 bits per heavy atom. The van der Waals surface area contributed by atoms with Crippen LogP contribution in [-0.4, -0.2) is 67.4 Å². The van der Waals surface area contributed by atoms with E-state index in [1.807, 2.05) is 0 Å². The average Bonchev–Trinajstić information content (AvgIpc) is 3.03. The number of ether oxygens (including phenoxy) is 1. The van der Waals surface area contributed by atoms with Crippen molar-refractivity contribution in [3.8, 4) is 0 Å². The van der Waals surface area contributed by atoms with Crippen molar-refractivity contribution in [2.24, 2.45) is 5.41 Å². The molecule has 0 unspecified atom stereocenters. The van der Waals surface area contributed by atoms with Crippen molar-refractivity contribution in [2.75, 3.05) is 13.2 Å². The van der Waals surface area contributed by atoms with Gasteiger partial charge in [0.15, 0.2) is 0 Å². The second kappa shape index (κ2) is 25.4. The predicted octanol–water partition coefficient (Wildman–Crippen LogP) is 14.6. The number of alkyl halides is 9. The first-order valence-corrected chi connectivity index (χ1v) is 28.7. The molecule has 3 nitrogen and oxygen atoms in total. The van der Waals surface area contributed by atoms with E-state index in [1.165, 1.54) is 56.7 Å². The molecule has 0 spiro atoms. The van der Waals surface area contributed by atoms with Crippen molar-refractivity contribution >= 4 is 30.1 Å². The fraction of sp³-hybridized carbons (Fsp3) is 0.683. The maximum Gasteiger partial charge on any atom is 0.522 e. The Balaban J connectivity index is 0. The van der Waals surface area contributed by atoms with Crippen molar-refractivity contribution < 1.29 is 49.0 Å². The van der Waals surface area contributed by atoms with E-state index in [-0.39, 0.29) is 11.3 Å². The van der Waals surface area contributed by atoms with Crippen LogP contribution in [0.15, 0.2) is 75.9 Å². The molecule has 1 amide bonds. The van der Waals surface area contributed by atoms with E-state index in [9.17, 15) is 44.3 Å². The van der Waals surface area contributed by atoms with Crippen molar-refractivity contribution in [2.45, 2.75) is 157 Å². The number of carbonyl (C=O) groups excluding carboxylic acids is 1. The fourth-order valence-electron chi connectivity index (χ4n) is 7.35. The molecule has 0 aliphatic rings. The summed E-state index contributed by atoms with van der Waals surface area (Å²) in [6, 6.07) is 10.8. The van der Waals surface area contributed by atoms with Crippen LogP contribution < -0.4 is 5.32 Å². The molecule has 56 heavy (non-hydrogen) atoms. The minimum Gasteiger partial charge on any atom is -0.356 e. The minimum absolute atomic E-state index is 0.0898. The van der Waals surface area contributed by atoms with E-state index in [1.54, 1.807) is 6.92 Å².